The molecule has 1 fully saturated rings. The SMILES string of the molecule is CC[C@H](C)[C@@H]([C@@H](CC(=O)N1CCC[C@H]1[C@H](OC)[C@@H](C)C(=O)N[C@@H](Cc1ccccc1)C(=O)NCCCNC(=O)O)OC)N(C)C(=O)[C@@H](N=C(N(C)C)N(C)C)C(C)C. The summed E-state index contributed by atoms with van der Waals surface area (Å²) in [6.45, 7) is 10.7. The fourth-order valence-electron chi connectivity index (χ4n) is 7.74. The molecule has 1 heterocycles. The average molecular weight is 817 g/mol. The van der Waals surface area contributed by atoms with E-state index in [1.807, 2.05) is 82.2 Å². The second-order valence-corrected chi connectivity index (χ2v) is 16.1. The van der Waals surface area contributed by atoms with Crippen LogP contribution in [0.5, 0.6) is 0 Å². The molecule has 5 amide bonds. The predicted molar refractivity (Wildman–Crippen MR) is 225 cm³/mol. The molecular weight excluding hydrogens is 745 g/mol. The summed E-state index contributed by atoms with van der Waals surface area (Å²) in [4.78, 5) is 78.8. The Kier molecular flexibility index (Phi) is 21.0. The highest BCUT2D eigenvalue weighted by atomic mass is 16.5. The number of rotatable bonds is 22. The third kappa shape index (κ3) is 14.4. The zero-order chi connectivity index (χ0) is 43.7. The zero-order valence-electron chi connectivity index (χ0n) is 37.0. The molecule has 2 rings (SSSR count). The molecule has 1 aliphatic heterocycles. The number of nitrogens with one attached hydrogen (secondary N) is 3. The Bertz CT molecular complexity index is 1480. The minimum Gasteiger partial charge on any atom is -0.465 e. The van der Waals surface area contributed by atoms with E-state index in [4.69, 9.17) is 19.6 Å². The Balaban J connectivity index is 2.29. The molecule has 0 aliphatic carbocycles. The van der Waals surface area contributed by atoms with Gasteiger partial charge in [0.15, 0.2) is 5.96 Å². The molecule has 0 aromatic heterocycles. The van der Waals surface area contributed by atoms with E-state index in [0.717, 1.165) is 18.4 Å². The largest absolute Gasteiger partial charge is 0.465 e. The molecular formula is C42H72N8O8. The number of methoxy groups -OCH3 is 2. The van der Waals surface area contributed by atoms with E-state index in [0.29, 0.717) is 25.3 Å². The van der Waals surface area contributed by atoms with Crippen molar-refractivity contribution >= 4 is 35.7 Å². The van der Waals surface area contributed by atoms with Crippen LogP contribution in [0.15, 0.2) is 35.3 Å². The lowest BCUT2D eigenvalue weighted by Gasteiger charge is -2.40. The molecule has 16 nitrogen and oxygen atoms in total. The number of hydrogen-bond donors (Lipinski definition) is 4. The summed E-state index contributed by atoms with van der Waals surface area (Å²) in [6.07, 6.45) is 0.322. The Hall–Kier alpha value is -4.44. The molecule has 0 radical (unpaired) electrons. The third-order valence-electron chi connectivity index (χ3n) is 11.0. The number of likely N-dealkylation sites (tertiary alicyclic amines) is 1. The lowest BCUT2D eigenvalue weighted by molar-refractivity contribution is -0.146. The van der Waals surface area contributed by atoms with Gasteiger partial charge in [-0.1, -0.05) is 71.4 Å². The van der Waals surface area contributed by atoms with E-state index in [9.17, 15) is 24.0 Å². The number of benzene rings is 1. The van der Waals surface area contributed by atoms with E-state index in [-0.39, 0.29) is 49.6 Å². The van der Waals surface area contributed by atoms with Gasteiger partial charge in [-0.3, -0.25) is 19.2 Å². The maximum Gasteiger partial charge on any atom is 0.404 e. The first-order valence-corrected chi connectivity index (χ1v) is 20.5. The van der Waals surface area contributed by atoms with Crippen LogP contribution < -0.4 is 16.0 Å². The first-order valence-electron chi connectivity index (χ1n) is 20.5. The number of likely N-dealkylation sites (N-methyl/N-ethyl adjacent to an activating group) is 1. The van der Waals surface area contributed by atoms with Crippen molar-refractivity contribution in [3.8, 4) is 0 Å². The normalized spacial score (nSPS) is 17.5. The smallest absolute Gasteiger partial charge is 0.404 e. The van der Waals surface area contributed by atoms with Crippen LogP contribution >= 0.6 is 0 Å². The van der Waals surface area contributed by atoms with Crippen molar-refractivity contribution in [3.63, 3.8) is 0 Å². The summed E-state index contributed by atoms with van der Waals surface area (Å²) in [5.41, 5.74) is 0.856. The Morgan fingerprint density at radius 2 is 1.53 bits per heavy atom. The van der Waals surface area contributed by atoms with Gasteiger partial charge in [0.05, 0.1) is 36.6 Å². The van der Waals surface area contributed by atoms with Crippen LogP contribution in [0.3, 0.4) is 0 Å². The highest BCUT2D eigenvalue weighted by Gasteiger charge is 2.43. The maximum atomic E-state index is 14.3. The van der Waals surface area contributed by atoms with Crippen molar-refractivity contribution in [2.45, 2.75) is 110 Å². The van der Waals surface area contributed by atoms with Crippen molar-refractivity contribution in [3.05, 3.63) is 35.9 Å². The topological polar surface area (TPSA) is 185 Å². The minimum absolute atomic E-state index is 0.00193. The van der Waals surface area contributed by atoms with Gasteiger partial charge in [0, 0.05) is 75.5 Å². The number of amides is 5. The Morgan fingerprint density at radius 3 is 2.07 bits per heavy atom. The standard InChI is InChI=1S/C42H72N8O8/c1-13-28(4)36(49(10)40(54)35(27(2)3)46-41(47(6)7)48(8)9)33(57-11)26-34(51)50-24-17-21-32(50)37(58-12)29(5)38(52)45-31(25-30-19-15-14-16-20-30)39(53)43-22-18-23-44-42(55)56/h14-16,19-20,27-29,31-33,35-37,44H,13,17-18,21-26H2,1-12H3,(H,43,53)(H,45,52)(H,55,56)/t28-,29+,31-,32-,33+,35-,36-,37+/m0/s1. The van der Waals surface area contributed by atoms with Gasteiger partial charge in [-0.05, 0) is 36.7 Å². The Morgan fingerprint density at radius 1 is 0.914 bits per heavy atom. The highest BCUT2D eigenvalue weighted by molar-refractivity contribution is 5.89. The van der Waals surface area contributed by atoms with E-state index in [2.05, 4.69) is 29.8 Å². The monoisotopic (exact) mass is 817 g/mol. The molecule has 4 N–H and O–H groups in total. The number of guanidine groups is 1. The number of carbonyl (C=O) groups excluding carboxylic acids is 4. The molecule has 328 valence electrons. The molecule has 16 heteroatoms. The maximum absolute atomic E-state index is 14.3. The highest BCUT2D eigenvalue weighted by Crippen LogP contribution is 2.30. The second kappa shape index (κ2) is 24.5. The molecule has 1 aromatic rings. The number of carbonyl (C=O) groups is 5. The van der Waals surface area contributed by atoms with Crippen molar-refractivity contribution < 1.29 is 38.6 Å². The summed E-state index contributed by atoms with van der Waals surface area (Å²) >= 11 is 0. The van der Waals surface area contributed by atoms with Gasteiger partial charge in [-0.2, -0.15) is 0 Å². The number of ether oxygens (including phenoxy) is 2. The van der Waals surface area contributed by atoms with Crippen molar-refractivity contribution in [2.24, 2.45) is 22.7 Å². The number of hydrogen-bond acceptors (Lipinski definition) is 8. The molecule has 1 aliphatic rings. The van der Waals surface area contributed by atoms with Crippen LogP contribution in [0, 0.1) is 17.8 Å². The number of carboxylic acid groups (broad SMARTS) is 1. The van der Waals surface area contributed by atoms with Crippen LogP contribution in [0.2, 0.25) is 0 Å². The van der Waals surface area contributed by atoms with Crippen molar-refractivity contribution in [1.29, 1.82) is 0 Å². The van der Waals surface area contributed by atoms with Crippen LogP contribution in [-0.2, 0) is 35.1 Å². The van der Waals surface area contributed by atoms with Crippen LogP contribution in [0.25, 0.3) is 0 Å². The van der Waals surface area contributed by atoms with Crippen LogP contribution in [0.4, 0.5) is 4.79 Å². The summed E-state index contributed by atoms with van der Waals surface area (Å²) in [5, 5.41) is 16.8. The summed E-state index contributed by atoms with van der Waals surface area (Å²) in [7, 11) is 12.4. The second-order valence-electron chi connectivity index (χ2n) is 16.1. The molecule has 8 atom stereocenters. The third-order valence-corrected chi connectivity index (χ3v) is 11.0. The lowest BCUT2D eigenvalue weighted by atomic mass is 9.89. The average Bonchev–Trinajstić information content (AvgIpc) is 3.66. The van der Waals surface area contributed by atoms with E-state index in [1.54, 1.807) is 30.9 Å². The van der Waals surface area contributed by atoms with Gasteiger partial charge in [0.25, 0.3) is 0 Å². The zero-order valence-corrected chi connectivity index (χ0v) is 37.0. The quantitative estimate of drug-likeness (QED) is 0.0771. The van der Waals surface area contributed by atoms with Gasteiger partial charge >= 0.3 is 6.09 Å². The molecule has 1 saturated heterocycles. The molecule has 0 spiro atoms. The van der Waals surface area contributed by atoms with Crippen LogP contribution in [0.1, 0.15) is 72.3 Å². The molecule has 1 aromatic carbocycles. The van der Waals surface area contributed by atoms with Gasteiger partial charge in [0.1, 0.15) is 12.1 Å². The van der Waals surface area contributed by atoms with Gasteiger partial charge in [0.2, 0.25) is 23.6 Å². The minimum atomic E-state index is -1.14. The summed E-state index contributed by atoms with van der Waals surface area (Å²) in [6, 6.07) is 6.96. The lowest BCUT2D eigenvalue weighted by Crippen LogP contribution is -2.55. The van der Waals surface area contributed by atoms with E-state index in [1.165, 1.54) is 7.11 Å². The molecule has 0 saturated carbocycles. The first kappa shape index (κ1) is 49.7. The molecule has 0 unspecified atom stereocenters. The molecule has 58 heavy (non-hydrogen) atoms. The van der Waals surface area contributed by atoms with Crippen molar-refractivity contribution in [1.82, 2.24) is 35.6 Å². The van der Waals surface area contributed by atoms with Gasteiger partial charge in [-0.25, -0.2) is 9.79 Å². The van der Waals surface area contributed by atoms with Crippen LogP contribution in [-0.4, -0.2) is 166 Å². The summed E-state index contributed by atoms with van der Waals surface area (Å²) in [5.74, 6) is -1.23. The van der Waals surface area contributed by atoms with Crippen molar-refractivity contribution in [2.75, 3.05) is 69.1 Å². The molecule has 0 bridgehead atoms. The summed E-state index contributed by atoms with van der Waals surface area (Å²) < 4.78 is 12.0. The van der Waals surface area contributed by atoms with E-state index < -0.39 is 60.2 Å². The fourth-order valence-corrected chi connectivity index (χ4v) is 7.74. The Labute approximate surface area is 346 Å². The number of aliphatic imine (C=N–C) groups is 1. The van der Waals surface area contributed by atoms with E-state index >= 15 is 0 Å². The van der Waals surface area contributed by atoms with Gasteiger partial charge < -0.3 is 50.1 Å². The van der Waals surface area contributed by atoms with Gasteiger partial charge in [-0.15, -0.1) is 0 Å². The number of nitrogens with zero attached hydrogens (tertiary/aromatic N) is 5. The fraction of sp³-hybridized carbons (Fsp3) is 0.714. The first-order chi connectivity index (χ1) is 27.4. The predicted octanol–water partition coefficient (Wildman–Crippen LogP) is 2.91.